The Bertz CT molecular complexity index is 1050. The van der Waals surface area contributed by atoms with Crippen LogP contribution in [0.25, 0.3) is 0 Å². The maximum atomic E-state index is 12.5. The number of carbonyl (C=O) groups excluding carboxylic acids is 2. The van der Waals surface area contributed by atoms with Crippen molar-refractivity contribution in [1.82, 2.24) is 5.43 Å². The number of amides is 2. The molecular weight excluding hydrogens is 494 g/mol. The molecule has 9 heteroatoms. The first-order valence-corrected chi connectivity index (χ1v) is 9.49. The minimum Gasteiger partial charge on any atom is -0.506 e. The molecular formula is C19H13Br2N3O4. The number of furan rings is 1. The summed E-state index contributed by atoms with van der Waals surface area (Å²) in [4.78, 5) is 24.6. The van der Waals surface area contributed by atoms with Crippen molar-refractivity contribution in [2.24, 2.45) is 5.10 Å². The molecule has 3 aromatic rings. The first-order valence-electron chi connectivity index (χ1n) is 7.91. The van der Waals surface area contributed by atoms with Gasteiger partial charge in [0.2, 0.25) is 0 Å². The maximum absolute atomic E-state index is 12.5. The molecule has 0 fully saturated rings. The Morgan fingerprint density at radius 1 is 1.07 bits per heavy atom. The van der Waals surface area contributed by atoms with Crippen molar-refractivity contribution in [2.45, 2.75) is 0 Å². The number of para-hydroxylation sites is 1. The van der Waals surface area contributed by atoms with Crippen molar-refractivity contribution in [2.75, 3.05) is 5.32 Å². The highest BCUT2D eigenvalue weighted by Crippen LogP contribution is 2.30. The van der Waals surface area contributed by atoms with Gasteiger partial charge in [0, 0.05) is 10.0 Å². The first-order chi connectivity index (χ1) is 13.5. The van der Waals surface area contributed by atoms with Gasteiger partial charge in [0.1, 0.15) is 5.75 Å². The summed E-state index contributed by atoms with van der Waals surface area (Å²) in [6.45, 7) is 0. The third kappa shape index (κ3) is 4.68. The number of nitrogens with one attached hydrogen (secondary N) is 2. The standard InChI is InChI=1S/C19H13Br2N3O4/c20-12-8-11(17(25)14(21)9-12)10-22-24-18(26)13-4-1-2-5-15(13)23-19(27)16-6-3-7-28-16/h1-10,25H,(H,23,27)(H,24,26)/b22-10-. The molecule has 142 valence electrons. The van der Waals surface area contributed by atoms with E-state index < -0.39 is 11.8 Å². The van der Waals surface area contributed by atoms with Crippen molar-refractivity contribution in [3.63, 3.8) is 0 Å². The van der Waals surface area contributed by atoms with E-state index in [4.69, 9.17) is 4.42 Å². The van der Waals surface area contributed by atoms with E-state index in [2.05, 4.69) is 47.7 Å². The monoisotopic (exact) mass is 505 g/mol. The molecule has 0 spiro atoms. The van der Waals surface area contributed by atoms with Crippen LogP contribution < -0.4 is 10.7 Å². The van der Waals surface area contributed by atoms with E-state index in [1.165, 1.54) is 18.5 Å². The smallest absolute Gasteiger partial charge is 0.291 e. The largest absolute Gasteiger partial charge is 0.506 e. The summed E-state index contributed by atoms with van der Waals surface area (Å²) < 4.78 is 6.26. The topological polar surface area (TPSA) is 104 Å². The zero-order chi connectivity index (χ0) is 20.1. The molecule has 0 aliphatic carbocycles. The fraction of sp³-hybridized carbons (Fsp3) is 0. The van der Waals surface area contributed by atoms with Crippen LogP contribution >= 0.6 is 31.9 Å². The molecule has 7 nitrogen and oxygen atoms in total. The number of halogens is 2. The molecule has 0 unspecified atom stereocenters. The quantitative estimate of drug-likeness (QED) is 0.349. The lowest BCUT2D eigenvalue weighted by molar-refractivity contribution is 0.0956. The van der Waals surface area contributed by atoms with Crippen LogP contribution in [0.5, 0.6) is 5.75 Å². The zero-order valence-corrected chi connectivity index (χ0v) is 17.3. The number of hydrazone groups is 1. The third-order valence-corrected chi connectivity index (χ3v) is 4.65. The van der Waals surface area contributed by atoms with E-state index >= 15 is 0 Å². The molecule has 0 radical (unpaired) electrons. The minimum absolute atomic E-state index is 0.00712. The van der Waals surface area contributed by atoms with E-state index in [0.29, 0.717) is 15.7 Å². The molecule has 1 heterocycles. The van der Waals surface area contributed by atoms with E-state index in [9.17, 15) is 14.7 Å². The second kappa shape index (κ2) is 8.85. The van der Waals surface area contributed by atoms with Gasteiger partial charge in [0.05, 0.1) is 28.2 Å². The highest BCUT2D eigenvalue weighted by atomic mass is 79.9. The van der Waals surface area contributed by atoms with Gasteiger partial charge in [-0.1, -0.05) is 28.1 Å². The third-order valence-electron chi connectivity index (χ3n) is 3.59. The second-order valence-corrected chi connectivity index (χ2v) is 7.27. The Morgan fingerprint density at radius 3 is 2.61 bits per heavy atom. The molecule has 2 amide bonds. The molecule has 0 atom stereocenters. The highest BCUT2D eigenvalue weighted by molar-refractivity contribution is 9.11. The average molecular weight is 507 g/mol. The van der Waals surface area contributed by atoms with Crippen molar-refractivity contribution >= 4 is 55.6 Å². The van der Waals surface area contributed by atoms with Crippen LogP contribution in [-0.4, -0.2) is 23.1 Å². The van der Waals surface area contributed by atoms with Crippen LogP contribution in [0.15, 0.2) is 73.3 Å². The van der Waals surface area contributed by atoms with Crippen LogP contribution in [0.3, 0.4) is 0 Å². The average Bonchev–Trinajstić information content (AvgIpc) is 3.21. The van der Waals surface area contributed by atoms with E-state index in [0.717, 1.165) is 4.47 Å². The van der Waals surface area contributed by atoms with Crippen LogP contribution in [-0.2, 0) is 0 Å². The van der Waals surface area contributed by atoms with E-state index in [1.54, 1.807) is 42.5 Å². The number of benzene rings is 2. The lowest BCUT2D eigenvalue weighted by atomic mass is 10.1. The van der Waals surface area contributed by atoms with E-state index in [-0.39, 0.29) is 17.1 Å². The summed E-state index contributed by atoms with van der Waals surface area (Å²) in [6.07, 6.45) is 2.70. The van der Waals surface area contributed by atoms with Gasteiger partial charge >= 0.3 is 0 Å². The molecule has 3 N–H and O–H groups in total. The summed E-state index contributed by atoms with van der Waals surface area (Å²) in [6, 6.07) is 12.9. The van der Waals surface area contributed by atoms with Crippen LogP contribution in [0.4, 0.5) is 5.69 Å². The molecule has 0 aliphatic heterocycles. The zero-order valence-electron chi connectivity index (χ0n) is 14.1. The van der Waals surface area contributed by atoms with Crippen molar-refractivity contribution in [3.05, 3.63) is 80.6 Å². The van der Waals surface area contributed by atoms with Crippen LogP contribution in [0.2, 0.25) is 0 Å². The molecule has 2 aromatic carbocycles. The molecule has 3 rings (SSSR count). The fourth-order valence-corrected chi connectivity index (χ4v) is 3.55. The maximum Gasteiger partial charge on any atom is 0.291 e. The lowest BCUT2D eigenvalue weighted by Crippen LogP contribution is -2.21. The van der Waals surface area contributed by atoms with Gasteiger partial charge < -0.3 is 14.8 Å². The number of phenols is 1. The molecule has 0 bridgehead atoms. The van der Waals surface area contributed by atoms with E-state index in [1.807, 2.05) is 0 Å². The second-order valence-electron chi connectivity index (χ2n) is 5.50. The van der Waals surface area contributed by atoms with Gasteiger partial charge in [-0.2, -0.15) is 5.10 Å². The first kappa shape index (κ1) is 19.8. The predicted octanol–water partition coefficient (Wildman–Crippen LogP) is 4.53. The fourth-order valence-electron chi connectivity index (χ4n) is 2.29. The van der Waals surface area contributed by atoms with Crippen molar-refractivity contribution in [3.8, 4) is 5.75 Å². The van der Waals surface area contributed by atoms with Gasteiger partial charge in [0.15, 0.2) is 5.76 Å². The summed E-state index contributed by atoms with van der Waals surface area (Å²) in [5.41, 5.74) is 3.31. The number of phenolic OH excluding ortho intramolecular Hbond substituents is 1. The van der Waals surface area contributed by atoms with Gasteiger partial charge in [-0.15, -0.1) is 0 Å². The SMILES string of the molecule is O=C(Nc1ccccc1C(=O)N/N=C\c1cc(Br)cc(Br)c1O)c1ccco1. The van der Waals surface area contributed by atoms with Crippen molar-refractivity contribution < 1.29 is 19.1 Å². The Kier molecular flexibility index (Phi) is 6.27. The van der Waals surface area contributed by atoms with Gasteiger partial charge in [-0.05, 0) is 52.3 Å². The highest BCUT2D eigenvalue weighted by Gasteiger charge is 2.15. The number of nitrogens with zero attached hydrogens (tertiary/aromatic N) is 1. The number of rotatable bonds is 5. The molecule has 0 saturated carbocycles. The molecule has 0 aliphatic rings. The molecule has 0 saturated heterocycles. The summed E-state index contributed by atoms with van der Waals surface area (Å²) >= 11 is 6.54. The Hall–Kier alpha value is -2.91. The normalized spacial score (nSPS) is 10.8. The van der Waals surface area contributed by atoms with Crippen molar-refractivity contribution in [1.29, 1.82) is 0 Å². The number of anilines is 1. The molecule has 1 aromatic heterocycles. The van der Waals surface area contributed by atoms with Gasteiger partial charge in [-0.25, -0.2) is 5.43 Å². The summed E-state index contributed by atoms with van der Waals surface area (Å²) in [5.74, 6) is -0.881. The molecule has 28 heavy (non-hydrogen) atoms. The lowest BCUT2D eigenvalue weighted by Gasteiger charge is -2.09. The van der Waals surface area contributed by atoms with Gasteiger partial charge in [-0.3, -0.25) is 9.59 Å². The summed E-state index contributed by atoms with van der Waals surface area (Å²) in [7, 11) is 0. The van der Waals surface area contributed by atoms with Crippen LogP contribution in [0, 0.1) is 0 Å². The number of hydrogen-bond acceptors (Lipinski definition) is 5. The number of aromatic hydroxyl groups is 1. The van der Waals surface area contributed by atoms with Crippen LogP contribution in [0.1, 0.15) is 26.5 Å². The Balaban J connectivity index is 1.74. The van der Waals surface area contributed by atoms with Gasteiger partial charge in [0.25, 0.3) is 11.8 Å². The number of hydrogen-bond donors (Lipinski definition) is 3. The predicted molar refractivity (Wildman–Crippen MR) is 112 cm³/mol. The minimum atomic E-state index is -0.528. The Labute approximate surface area is 176 Å². The number of carbonyl (C=O) groups is 2. The summed E-state index contributed by atoms with van der Waals surface area (Å²) in [5, 5.41) is 16.5. The Morgan fingerprint density at radius 2 is 1.86 bits per heavy atom.